The van der Waals surface area contributed by atoms with Gasteiger partial charge in [-0.2, -0.15) is 13.2 Å². The maximum absolute atomic E-state index is 12.3. The minimum Gasteiger partial charge on any atom is -0.481 e. The smallest absolute Gasteiger partial charge is 0.433 e. The van der Waals surface area contributed by atoms with Gasteiger partial charge >= 0.3 is 12.1 Å². The maximum Gasteiger partial charge on any atom is 0.433 e. The Morgan fingerprint density at radius 2 is 2.05 bits per heavy atom. The Hall–Kier alpha value is -2.16. The third-order valence-electron chi connectivity index (χ3n) is 2.33. The van der Waals surface area contributed by atoms with Crippen molar-refractivity contribution < 1.29 is 27.9 Å². The fourth-order valence-electron chi connectivity index (χ4n) is 1.28. The fourth-order valence-corrected chi connectivity index (χ4v) is 1.28. The van der Waals surface area contributed by atoms with Crippen molar-refractivity contribution in [3.05, 3.63) is 24.0 Å². The number of aromatic nitrogens is 1. The van der Waals surface area contributed by atoms with Crippen LogP contribution in [0.4, 0.5) is 18.9 Å². The summed E-state index contributed by atoms with van der Waals surface area (Å²) in [4.78, 5) is 25.0. The number of hydrogen-bond acceptors (Lipinski definition) is 4. The topological polar surface area (TPSA) is 105 Å². The van der Waals surface area contributed by atoms with Crippen molar-refractivity contribution in [2.24, 2.45) is 5.73 Å². The number of anilines is 1. The first-order valence-electron chi connectivity index (χ1n) is 5.51. The molecule has 0 bridgehead atoms. The highest BCUT2D eigenvalue weighted by Crippen LogP contribution is 2.27. The summed E-state index contributed by atoms with van der Waals surface area (Å²) in [7, 11) is 0. The van der Waals surface area contributed by atoms with E-state index >= 15 is 0 Å². The molecule has 6 nitrogen and oxygen atoms in total. The van der Waals surface area contributed by atoms with Crippen LogP contribution in [-0.2, 0) is 15.8 Å². The van der Waals surface area contributed by atoms with E-state index in [0.717, 1.165) is 18.3 Å². The van der Waals surface area contributed by atoms with Crippen molar-refractivity contribution in [2.45, 2.75) is 25.1 Å². The molecule has 4 N–H and O–H groups in total. The number of nitrogens with two attached hydrogens (primary N) is 1. The second-order valence-electron chi connectivity index (χ2n) is 3.96. The van der Waals surface area contributed by atoms with Crippen LogP contribution in [0.5, 0.6) is 0 Å². The summed E-state index contributed by atoms with van der Waals surface area (Å²) in [5.74, 6) is -1.78. The van der Waals surface area contributed by atoms with Gasteiger partial charge in [0.05, 0.1) is 17.9 Å². The molecule has 20 heavy (non-hydrogen) atoms. The van der Waals surface area contributed by atoms with Crippen LogP contribution in [-0.4, -0.2) is 28.0 Å². The summed E-state index contributed by atoms with van der Waals surface area (Å²) in [5.41, 5.74) is 4.41. The number of halogens is 3. The molecular formula is C11H12F3N3O3. The molecule has 0 spiro atoms. The minimum absolute atomic E-state index is 0.0498. The van der Waals surface area contributed by atoms with Gasteiger partial charge in [-0.25, -0.2) is 4.98 Å². The zero-order chi connectivity index (χ0) is 15.3. The van der Waals surface area contributed by atoms with Gasteiger partial charge in [0.15, 0.2) is 0 Å². The maximum atomic E-state index is 12.3. The van der Waals surface area contributed by atoms with Crippen LogP contribution >= 0.6 is 0 Å². The van der Waals surface area contributed by atoms with Gasteiger partial charge in [-0.3, -0.25) is 9.59 Å². The molecule has 110 valence electrons. The second-order valence-corrected chi connectivity index (χ2v) is 3.96. The molecule has 0 aliphatic rings. The monoisotopic (exact) mass is 291 g/mol. The van der Waals surface area contributed by atoms with Gasteiger partial charge in [-0.15, -0.1) is 0 Å². The summed E-state index contributed by atoms with van der Waals surface area (Å²) in [6.07, 6.45) is -4.06. The summed E-state index contributed by atoms with van der Waals surface area (Å²) in [5, 5.41) is 10.7. The number of amides is 1. The van der Waals surface area contributed by atoms with Crippen molar-refractivity contribution in [2.75, 3.05) is 5.32 Å². The van der Waals surface area contributed by atoms with Crippen LogP contribution < -0.4 is 11.1 Å². The molecule has 0 aliphatic carbocycles. The summed E-state index contributed by atoms with van der Waals surface area (Å²) < 4.78 is 36.8. The molecule has 1 amide bonds. The van der Waals surface area contributed by atoms with Crippen molar-refractivity contribution in [1.82, 2.24) is 4.98 Å². The summed E-state index contributed by atoms with van der Waals surface area (Å²) >= 11 is 0. The number of nitrogens with zero attached hydrogens (tertiary/aromatic N) is 1. The van der Waals surface area contributed by atoms with E-state index in [1.165, 1.54) is 0 Å². The number of pyridine rings is 1. The molecule has 9 heteroatoms. The molecular weight excluding hydrogens is 279 g/mol. The molecule has 1 heterocycles. The van der Waals surface area contributed by atoms with E-state index in [4.69, 9.17) is 10.8 Å². The molecule has 1 aromatic heterocycles. The van der Waals surface area contributed by atoms with E-state index in [1.54, 1.807) is 0 Å². The van der Waals surface area contributed by atoms with Crippen molar-refractivity contribution in [3.63, 3.8) is 0 Å². The number of aliphatic carboxylic acids is 1. The van der Waals surface area contributed by atoms with E-state index < -0.39 is 29.8 Å². The molecule has 1 aromatic rings. The van der Waals surface area contributed by atoms with E-state index in [1.807, 2.05) is 0 Å². The van der Waals surface area contributed by atoms with Gasteiger partial charge in [0.2, 0.25) is 5.91 Å². The highest BCUT2D eigenvalue weighted by atomic mass is 19.4. The van der Waals surface area contributed by atoms with Crippen molar-refractivity contribution in [3.8, 4) is 0 Å². The van der Waals surface area contributed by atoms with Gasteiger partial charge in [0.1, 0.15) is 5.69 Å². The Balaban J connectivity index is 2.60. The molecule has 0 radical (unpaired) electrons. The fraction of sp³-hybridized carbons (Fsp3) is 0.364. The lowest BCUT2D eigenvalue weighted by Gasteiger charge is -2.11. The molecule has 0 aliphatic heterocycles. The standard InChI is InChI=1S/C11H12F3N3O3/c12-11(13,14)8-3-1-6(5-16-8)17-10(20)7(15)2-4-9(18)19/h1,3,5,7H,2,4,15H2,(H,17,20)(H,18,19). The molecule has 0 aromatic carbocycles. The predicted molar refractivity (Wildman–Crippen MR) is 62.7 cm³/mol. The lowest BCUT2D eigenvalue weighted by molar-refractivity contribution is -0.141. The molecule has 1 unspecified atom stereocenters. The van der Waals surface area contributed by atoms with E-state index in [0.29, 0.717) is 0 Å². The van der Waals surface area contributed by atoms with Crippen LogP contribution in [0, 0.1) is 0 Å². The second kappa shape index (κ2) is 6.33. The van der Waals surface area contributed by atoms with E-state index in [-0.39, 0.29) is 18.5 Å². The summed E-state index contributed by atoms with van der Waals surface area (Å²) in [6.45, 7) is 0. The van der Waals surface area contributed by atoms with E-state index in [9.17, 15) is 22.8 Å². The number of nitrogens with one attached hydrogen (secondary N) is 1. The van der Waals surface area contributed by atoms with Gasteiger partial charge in [0, 0.05) is 6.42 Å². The van der Waals surface area contributed by atoms with Crippen molar-refractivity contribution >= 4 is 17.6 Å². The Bertz CT molecular complexity index is 488. The average Bonchev–Trinajstić information content (AvgIpc) is 2.35. The molecule has 1 atom stereocenters. The Morgan fingerprint density at radius 3 is 2.50 bits per heavy atom. The van der Waals surface area contributed by atoms with Crippen LogP contribution in [0.3, 0.4) is 0 Å². The number of hydrogen-bond donors (Lipinski definition) is 3. The van der Waals surface area contributed by atoms with Crippen LogP contribution in [0.25, 0.3) is 0 Å². The van der Waals surface area contributed by atoms with Gasteiger partial charge in [-0.1, -0.05) is 0 Å². The third-order valence-corrected chi connectivity index (χ3v) is 2.33. The number of rotatable bonds is 5. The third kappa shape index (κ3) is 4.84. The Kier molecular flexibility index (Phi) is 5.03. The SMILES string of the molecule is NC(CCC(=O)O)C(=O)Nc1ccc(C(F)(F)F)nc1. The quantitative estimate of drug-likeness (QED) is 0.756. The number of carbonyl (C=O) groups is 2. The predicted octanol–water partition coefficient (Wildman–Crippen LogP) is 1.23. The normalized spacial score (nSPS) is 12.8. The molecule has 0 fully saturated rings. The van der Waals surface area contributed by atoms with Gasteiger partial charge in [-0.05, 0) is 18.6 Å². The summed E-state index contributed by atoms with van der Waals surface area (Å²) in [6, 6.07) is 0.698. The van der Waals surface area contributed by atoms with Crippen LogP contribution in [0.1, 0.15) is 18.5 Å². The lowest BCUT2D eigenvalue weighted by atomic mass is 10.1. The highest BCUT2D eigenvalue weighted by Gasteiger charge is 2.32. The van der Waals surface area contributed by atoms with Gasteiger partial charge < -0.3 is 16.2 Å². The van der Waals surface area contributed by atoms with Crippen LogP contribution in [0.15, 0.2) is 18.3 Å². The number of alkyl halides is 3. The molecule has 0 saturated carbocycles. The first-order valence-corrected chi connectivity index (χ1v) is 5.51. The first-order chi connectivity index (χ1) is 9.20. The zero-order valence-corrected chi connectivity index (χ0v) is 10.1. The Labute approximate surface area is 111 Å². The Morgan fingerprint density at radius 1 is 1.40 bits per heavy atom. The largest absolute Gasteiger partial charge is 0.481 e. The highest BCUT2D eigenvalue weighted by molar-refractivity contribution is 5.94. The number of carbonyl (C=O) groups excluding carboxylic acids is 1. The zero-order valence-electron chi connectivity index (χ0n) is 10.1. The van der Waals surface area contributed by atoms with Gasteiger partial charge in [0.25, 0.3) is 0 Å². The molecule has 0 saturated heterocycles. The number of carboxylic acid groups (broad SMARTS) is 1. The van der Waals surface area contributed by atoms with E-state index in [2.05, 4.69) is 10.3 Å². The van der Waals surface area contributed by atoms with Crippen LogP contribution in [0.2, 0.25) is 0 Å². The number of carboxylic acids is 1. The molecule has 1 rings (SSSR count). The van der Waals surface area contributed by atoms with Crippen molar-refractivity contribution in [1.29, 1.82) is 0 Å². The lowest BCUT2D eigenvalue weighted by Crippen LogP contribution is -2.36. The average molecular weight is 291 g/mol. The first kappa shape index (κ1) is 15.9. The minimum atomic E-state index is -4.56.